The first-order chi connectivity index (χ1) is 8.65. The molecular weight excluding hydrogens is 246 g/mol. The summed E-state index contributed by atoms with van der Waals surface area (Å²) in [5, 5.41) is 0.791. The van der Waals surface area contributed by atoms with Gasteiger partial charge in [-0.05, 0) is 38.0 Å². The molecule has 0 bridgehead atoms. The van der Waals surface area contributed by atoms with Crippen molar-refractivity contribution in [3.8, 4) is 0 Å². The summed E-state index contributed by atoms with van der Waals surface area (Å²) < 4.78 is 0. The number of aliphatic imine (C=N–C) groups is 1. The van der Waals surface area contributed by atoms with Gasteiger partial charge in [-0.15, -0.1) is 0 Å². The van der Waals surface area contributed by atoms with Crippen LogP contribution < -0.4 is 5.73 Å². The van der Waals surface area contributed by atoms with Gasteiger partial charge in [0, 0.05) is 24.0 Å². The van der Waals surface area contributed by atoms with E-state index in [-0.39, 0.29) is 0 Å². The zero-order valence-corrected chi connectivity index (χ0v) is 11.7. The van der Waals surface area contributed by atoms with Crippen LogP contribution in [0.1, 0.15) is 31.7 Å². The van der Waals surface area contributed by atoms with Crippen molar-refractivity contribution >= 4 is 17.6 Å². The Morgan fingerprint density at radius 3 is 2.78 bits per heavy atom. The van der Waals surface area contributed by atoms with E-state index in [2.05, 4.69) is 29.8 Å². The second kappa shape index (κ2) is 5.61. The summed E-state index contributed by atoms with van der Waals surface area (Å²) in [5.74, 6) is 1.15. The first-order valence-corrected chi connectivity index (χ1v) is 6.87. The number of guanidine groups is 1. The molecule has 18 heavy (non-hydrogen) atoms. The Balaban J connectivity index is 2.01. The monoisotopic (exact) mass is 265 g/mol. The number of halogens is 1. The summed E-state index contributed by atoms with van der Waals surface area (Å²) in [6, 6.07) is 8.35. The quantitative estimate of drug-likeness (QED) is 0.672. The number of rotatable bonds is 4. The van der Waals surface area contributed by atoms with Crippen LogP contribution in [0.4, 0.5) is 0 Å². The number of hydrogen-bond donors (Lipinski definition) is 1. The van der Waals surface area contributed by atoms with Crippen LogP contribution in [0.5, 0.6) is 0 Å². The predicted molar refractivity (Wildman–Crippen MR) is 77.1 cm³/mol. The van der Waals surface area contributed by atoms with Gasteiger partial charge in [0.05, 0.1) is 6.04 Å². The highest BCUT2D eigenvalue weighted by atomic mass is 35.5. The van der Waals surface area contributed by atoms with Crippen LogP contribution in [-0.4, -0.2) is 30.0 Å². The molecule has 0 amide bonds. The summed E-state index contributed by atoms with van der Waals surface area (Å²) in [5.41, 5.74) is 7.27. The molecule has 1 saturated carbocycles. The molecule has 0 aromatic heterocycles. The van der Waals surface area contributed by atoms with E-state index in [9.17, 15) is 0 Å². The number of nitrogens with zero attached hydrogens (tertiary/aromatic N) is 2. The predicted octanol–water partition coefficient (Wildman–Crippen LogP) is 2.85. The maximum Gasteiger partial charge on any atom is 0.191 e. The minimum Gasteiger partial charge on any atom is -0.370 e. The molecular formula is C14H20ClN3. The molecule has 0 heterocycles. The van der Waals surface area contributed by atoms with Crippen molar-refractivity contribution < 1.29 is 0 Å². The van der Waals surface area contributed by atoms with Crippen LogP contribution in [0.15, 0.2) is 29.3 Å². The second-order valence-corrected chi connectivity index (χ2v) is 5.06. The number of benzene rings is 1. The summed E-state index contributed by atoms with van der Waals surface area (Å²) in [7, 11) is 0. The fourth-order valence-corrected chi connectivity index (χ4v) is 2.42. The van der Waals surface area contributed by atoms with Gasteiger partial charge in [0.25, 0.3) is 0 Å². The Morgan fingerprint density at radius 1 is 1.44 bits per heavy atom. The van der Waals surface area contributed by atoms with Crippen LogP contribution in [0.25, 0.3) is 0 Å². The van der Waals surface area contributed by atoms with Gasteiger partial charge in [0.2, 0.25) is 0 Å². The first-order valence-electron chi connectivity index (χ1n) is 6.49. The van der Waals surface area contributed by atoms with Gasteiger partial charge in [-0.3, -0.25) is 0 Å². The zero-order valence-electron chi connectivity index (χ0n) is 10.9. The minimum absolute atomic E-state index is 0.323. The van der Waals surface area contributed by atoms with Gasteiger partial charge in [-0.1, -0.05) is 23.7 Å². The van der Waals surface area contributed by atoms with E-state index in [1.54, 1.807) is 0 Å². The van der Waals surface area contributed by atoms with Crippen molar-refractivity contribution in [2.75, 3.05) is 13.1 Å². The van der Waals surface area contributed by atoms with Crippen molar-refractivity contribution in [1.82, 2.24) is 4.90 Å². The van der Waals surface area contributed by atoms with Gasteiger partial charge in [0.15, 0.2) is 5.96 Å². The van der Waals surface area contributed by atoms with E-state index in [1.807, 2.05) is 18.2 Å². The second-order valence-electron chi connectivity index (χ2n) is 4.62. The highest BCUT2D eigenvalue weighted by Gasteiger charge is 2.38. The lowest BCUT2D eigenvalue weighted by molar-refractivity contribution is 0.458. The van der Waals surface area contributed by atoms with E-state index in [0.717, 1.165) is 24.5 Å². The third kappa shape index (κ3) is 2.96. The van der Waals surface area contributed by atoms with Crippen molar-refractivity contribution in [1.29, 1.82) is 0 Å². The van der Waals surface area contributed by atoms with Gasteiger partial charge in [-0.25, -0.2) is 4.99 Å². The molecule has 1 aromatic carbocycles. The SMILES string of the molecule is CCN(CC)C(N)=NC1CC1c1cccc(Cl)c1. The van der Waals surface area contributed by atoms with Gasteiger partial charge in [-0.2, -0.15) is 0 Å². The average molecular weight is 266 g/mol. The third-order valence-electron chi connectivity index (χ3n) is 3.42. The lowest BCUT2D eigenvalue weighted by atomic mass is 10.1. The molecule has 2 atom stereocenters. The lowest BCUT2D eigenvalue weighted by Gasteiger charge is -2.19. The molecule has 0 saturated heterocycles. The summed E-state index contributed by atoms with van der Waals surface area (Å²) in [6.07, 6.45) is 1.07. The van der Waals surface area contributed by atoms with Gasteiger partial charge < -0.3 is 10.6 Å². The van der Waals surface area contributed by atoms with E-state index < -0.39 is 0 Å². The standard InChI is InChI=1S/C14H20ClN3/c1-3-18(4-2)14(16)17-13-9-12(13)10-6-5-7-11(15)8-10/h5-8,12-13H,3-4,9H2,1-2H3,(H2,16,17). The molecule has 3 nitrogen and oxygen atoms in total. The molecule has 1 aliphatic carbocycles. The smallest absolute Gasteiger partial charge is 0.191 e. The average Bonchev–Trinajstić information content (AvgIpc) is 3.10. The van der Waals surface area contributed by atoms with Gasteiger partial charge >= 0.3 is 0 Å². The van der Waals surface area contributed by atoms with Crippen molar-refractivity contribution in [3.63, 3.8) is 0 Å². The van der Waals surface area contributed by atoms with Crippen LogP contribution in [0.2, 0.25) is 5.02 Å². The Labute approximate surface area is 114 Å². The lowest BCUT2D eigenvalue weighted by Crippen LogP contribution is -2.37. The van der Waals surface area contributed by atoms with E-state index in [4.69, 9.17) is 17.3 Å². The molecule has 0 spiro atoms. The molecule has 2 rings (SSSR count). The highest BCUT2D eigenvalue weighted by Crippen LogP contribution is 2.44. The topological polar surface area (TPSA) is 41.6 Å². The summed E-state index contributed by atoms with van der Waals surface area (Å²) >= 11 is 6.00. The van der Waals surface area contributed by atoms with E-state index in [1.165, 1.54) is 5.56 Å². The van der Waals surface area contributed by atoms with Crippen LogP contribution in [0.3, 0.4) is 0 Å². The molecule has 0 aliphatic heterocycles. The Kier molecular flexibility index (Phi) is 4.12. The summed E-state index contributed by atoms with van der Waals surface area (Å²) in [6.45, 7) is 5.99. The molecule has 0 radical (unpaired) electrons. The molecule has 2 N–H and O–H groups in total. The molecule has 4 heteroatoms. The highest BCUT2D eigenvalue weighted by molar-refractivity contribution is 6.30. The number of hydrogen-bond acceptors (Lipinski definition) is 1. The Morgan fingerprint density at radius 2 is 2.17 bits per heavy atom. The van der Waals surface area contributed by atoms with Crippen molar-refractivity contribution in [2.24, 2.45) is 10.7 Å². The Bertz CT molecular complexity index is 440. The first kappa shape index (κ1) is 13.2. The maximum absolute atomic E-state index is 6.00. The fourth-order valence-electron chi connectivity index (χ4n) is 2.22. The largest absolute Gasteiger partial charge is 0.370 e. The Hall–Kier alpha value is -1.22. The molecule has 2 unspecified atom stereocenters. The van der Waals surface area contributed by atoms with Crippen molar-refractivity contribution in [2.45, 2.75) is 32.2 Å². The molecule has 1 aromatic rings. The fraction of sp³-hybridized carbons (Fsp3) is 0.500. The van der Waals surface area contributed by atoms with Crippen LogP contribution >= 0.6 is 11.6 Å². The molecule has 98 valence electrons. The van der Waals surface area contributed by atoms with Crippen LogP contribution in [-0.2, 0) is 0 Å². The van der Waals surface area contributed by atoms with E-state index >= 15 is 0 Å². The van der Waals surface area contributed by atoms with Crippen molar-refractivity contribution in [3.05, 3.63) is 34.9 Å². The molecule has 1 fully saturated rings. The van der Waals surface area contributed by atoms with Crippen LogP contribution in [0, 0.1) is 0 Å². The van der Waals surface area contributed by atoms with E-state index in [0.29, 0.717) is 17.9 Å². The molecule has 1 aliphatic rings. The van der Waals surface area contributed by atoms with Gasteiger partial charge in [0.1, 0.15) is 0 Å². The number of nitrogens with two attached hydrogens (primary N) is 1. The maximum atomic E-state index is 6.00. The summed E-state index contributed by atoms with van der Waals surface area (Å²) in [4.78, 5) is 6.67. The third-order valence-corrected chi connectivity index (χ3v) is 3.65. The minimum atomic E-state index is 0.323. The normalized spacial score (nSPS) is 22.9. The zero-order chi connectivity index (χ0) is 13.1.